The highest BCUT2D eigenvalue weighted by atomic mass is 19.1. The van der Waals surface area contributed by atoms with Crippen LogP contribution in [0.2, 0.25) is 0 Å². The van der Waals surface area contributed by atoms with Crippen LogP contribution in [0.1, 0.15) is 24.8 Å². The zero-order valence-electron chi connectivity index (χ0n) is 18.0. The Labute approximate surface area is 185 Å². The van der Waals surface area contributed by atoms with E-state index in [2.05, 4.69) is 35.1 Å². The molecule has 3 rings (SSSR count). The second-order valence-corrected chi connectivity index (χ2v) is 7.19. The molecule has 0 saturated heterocycles. The van der Waals surface area contributed by atoms with Gasteiger partial charge in [0.15, 0.2) is 11.4 Å². The van der Waals surface area contributed by atoms with E-state index in [0.29, 0.717) is 17.0 Å². The molecule has 1 N–H and O–H groups in total. The number of carbonyl (C=O) groups excluding carboxylic acids is 1. The molecule has 0 bridgehead atoms. The van der Waals surface area contributed by atoms with E-state index >= 15 is 0 Å². The first-order valence-corrected chi connectivity index (χ1v) is 10.1. The van der Waals surface area contributed by atoms with Gasteiger partial charge in [0.25, 0.3) is 0 Å². The average molecular weight is 438 g/mol. The fourth-order valence-corrected chi connectivity index (χ4v) is 3.05. The monoisotopic (exact) mass is 438 g/mol. The Kier molecular flexibility index (Phi) is 7.20. The van der Waals surface area contributed by atoms with Gasteiger partial charge >= 0.3 is 0 Å². The number of aromatic nitrogens is 1. The van der Waals surface area contributed by atoms with Crippen molar-refractivity contribution in [3.05, 3.63) is 96.2 Å². The Hall–Kier alpha value is -3.74. The molecule has 0 saturated carbocycles. The molecule has 1 unspecified atom stereocenters. The summed E-state index contributed by atoms with van der Waals surface area (Å²) >= 11 is 0. The molecule has 0 aliphatic heterocycles. The van der Waals surface area contributed by atoms with Crippen molar-refractivity contribution in [2.45, 2.75) is 25.8 Å². The minimum Gasteiger partial charge on any atom is -0.494 e. The van der Waals surface area contributed by atoms with Crippen LogP contribution in [0.25, 0.3) is 16.7 Å². The van der Waals surface area contributed by atoms with Crippen LogP contribution in [0, 0.1) is 0 Å². The highest BCUT2D eigenvalue weighted by Crippen LogP contribution is 2.29. The zero-order chi connectivity index (χ0) is 23.3. The summed E-state index contributed by atoms with van der Waals surface area (Å²) in [5.41, 5.74) is 3.23. The molecule has 1 aromatic carbocycles. The average Bonchev–Trinajstić information content (AvgIpc) is 3.21. The Morgan fingerprint density at radius 1 is 1.38 bits per heavy atom. The fourth-order valence-electron chi connectivity index (χ4n) is 3.05. The van der Waals surface area contributed by atoms with Gasteiger partial charge in [-0.15, -0.1) is 0 Å². The molecule has 5 nitrogen and oxygen atoms in total. The minimum absolute atomic E-state index is 0.147. The van der Waals surface area contributed by atoms with E-state index < -0.39 is 23.6 Å². The van der Waals surface area contributed by atoms with Gasteiger partial charge < -0.3 is 14.5 Å². The summed E-state index contributed by atoms with van der Waals surface area (Å²) in [7, 11) is 1.29. The fraction of sp³-hybridized carbons (Fsp3) is 0.200. The lowest BCUT2D eigenvalue weighted by molar-refractivity contribution is -0.117. The lowest BCUT2D eigenvalue weighted by atomic mass is 10.0. The number of allylic oxidation sites excluding steroid dienone is 6. The van der Waals surface area contributed by atoms with E-state index in [4.69, 9.17) is 4.42 Å². The molecule has 0 spiro atoms. The molecule has 1 aromatic heterocycles. The number of nitrogens with one attached hydrogen (secondary N) is 1. The topological polar surface area (TPSA) is 64.4 Å². The minimum atomic E-state index is -0.819. The predicted molar refractivity (Wildman–Crippen MR) is 121 cm³/mol. The lowest BCUT2D eigenvalue weighted by Gasteiger charge is -2.18. The first kappa shape index (κ1) is 22.9. The molecule has 1 aliphatic carbocycles. The maximum atomic E-state index is 14.6. The van der Waals surface area contributed by atoms with E-state index in [0.717, 1.165) is 29.7 Å². The maximum absolute atomic E-state index is 14.6. The van der Waals surface area contributed by atoms with Crippen LogP contribution in [-0.4, -0.2) is 24.0 Å². The number of nitrogens with zero attached hydrogens (tertiary/aromatic N) is 1. The van der Waals surface area contributed by atoms with Crippen LogP contribution in [0.5, 0.6) is 0 Å². The van der Waals surface area contributed by atoms with Gasteiger partial charge in [-0.05, 0) is 48.3 Å². The first-order chi connectivity index (χ1) is 15.3. The van der Waals surface area contributed by atoms with Crippen molar-refractivity contribution in [2.75, 3.05) is 7.11 Å². The number of rotatable bonds is 8. The molecule has 1 atom stereocenters. The summed E-state index contributed by atoms with van der Waals surface area (Å²) in [6.45, 7) is 9.06. The van der Waals surface area contributed by atoms with Crippen molar-refractivity contribution in [1.82, 2.24) is 10.3 Å². The highest BCUT2D eigenvalue weighted by Gasteiger charge is 2.22. The molecule has 32 heavy (non-hydrogen) atoms. The Morgan fingerprint density at radius 2 is 2.16 bits per heavy atom. The maximum Gasteiger partial charge on any atom is 0.244 e. The number of methoxy groups -OCH3 is 1. The molecular weight excluding hydrogens is 414 g/mol. The van der Waals surface area contributed by atoms with Crippen LogP contribution >= 0.6 is 0 Å². The van der Waals surface area contributed by atoms with Crippen molar-refractivity contribution in [1.29, 1.82) is 0 Å². The first-order valence-electron chi connectivity index (χ1n) is 10.1. The van der Waals surface area contributed by atoms with E-state index in [1.807, 2.05) is 18.2 Å². The smallest absolute Gasteiger partial charge is 0.244 e. The van der Waals surface area contributed by atoms with E-state index in [9.17, 15) is 13.6 Å². The Balaban J connectivity index is 1.63. The number of aryl methyl sites for hydroxylation is 1. The predicted octanol–water partition coefficient (Wildman–Crippen LogP) is 5.64. The van der Waals surface area contributed by atoms with Crippen molar-refractivity contribution < 1.29 is 22.7 Å². The summed E-state index contributed by atoms with van der Waals surface area (Å²) in [6.07, 6.45) is 7.72. The third kappa shape index (κ3) is 5.49. The quantitative estimate of drug-likeness (QED) is 0.329. The number of amides is 1. The molecule has 1 aliphatic rings. The SMILES string of the molecule is C=C(/C=C/C(=O)NC1CC=C(c2nc3cc(CC)ccc3o2)C=C1F)/C=C(/F)C(=C)OC. The van der Waals surface area contributed by atoms with Crippen LogP contribution < -0.4 is 5.32 Å². The summed E-state index contributed by atoms with van der Waals surface area (Å²) < 4.78 is 38.7. The number of ether oxygens (including phenoxy) is 1. The number of halogens is 2. The molecule has 2 aromatic rings. The van der Waals surface area contributed by atoms with Gasteiger partial charge in [-0.2, -0.15) is 0 Å². The van der Waals surface area contributed by atoms with E-state index in [-0.39, 0.29) is 17.8 Å². The zero-order valence-corrected chi connectivity index (χ0v) is 18.0. The van der Waals surface area contributed by atoms with Crippen molar-refractivity contribution in [3.8, 4) is 0 Å². The summed E-state index contributed by atoms with van der Waals surface area (Å²) in [6, 6.07) is 4.94. The van der Waals surface area contributed by atoms with Gasteiger partial charge in [-0.3, -0.25) is 4.79 Å². The molecule has 1 heterocycles. The van der Waals surface area contributed by atoms with Crippen molar-refractivity contribution >= 4 is 22.6 Å². The van der Waals surface area contributed by atoms with Crippen LogP contribution in [-0.2, 0) is 16.0 Å². The normalized spacial score (nSPS) is 16.6. The number of hydrogen-bond donors (Lipinski definition) is 1. The van der Waals surface area contributed by atoms with E-state index in [1.165, 1.54) is 19.3 Å². The van der Waals surface area contributed by atoms with Gasteiger partial charge in [0.1, 0.15) is 17.1 Å². The van der Waals surface area contributed by atoms with Crippen molar-refractivity contribution in [3.63, 3.8) is 0 Å². The van der Waals surface area contributed by atoms with Crippen LogP contribution in [0.15, 0.2) is 89.1 Å². The van der Waals surface area contributed by atoms with Gasteiger partial charge in [0.05, 0.1) is 13.2 Å². The second kappa shape index (κ2) is 10.0. The number of hydrogen-bond acceptors (Lipinski definition) is 4. The van der Waals surface area contributed by atoms with Gasteiger partial charge in [-0.25, -0.2) is 13.8 Å². The molecular formula is C25H24F2N2O3. The second-order valence-electron chi connectivity index (χ2n) is 7.19. The Bertz CT molecular complexity index is 1190. The molecule has 166 valence electrons. The number of oxazole rings is 1. The van der Waals surface area contributed by atoms with Gasteiger partial charge in [0, 0.05) is 11.6 Å². The third-order valence-electron chi connectivity index (χ3n) is 4.90. The summed E-state index contributed by atoms with van der Waals surface area (Å²) in [5, 5.41) is 2.56. The highest BCUT2D eigenvalue weighted by molar-refractivity contribution is 5.89. The standard InChI is InChI=1S/C25H24F2N2O3/c1-5-17-7-10-23-22(13-17)29-25(32-23)18-8-9-21(20(27)14-18)28-24(30)11-6-15(2)12-19(26)16(3)31-4/h6-8,10-14,21H,2-3,5,9H2,1,4H3,(H,28,30)/b11-6+,19-12+. The summed E-state index contributed by atoms with van der Waals surface area (Å²) in [5.74, 6) is -1.57. The molecule has 7 heteroatoms. The number of benzene rings is 1. The number of carbonyl (C=O) groups is 1. The largest absolute Gasteiger partial charge is 0.494 e. The van der Waals surface area contributed by atoms with Gasteiger partial charge in [-0.1, -0.05) is 38.3 Å². The van der Waals surface area contributed by atoms with E-state index in [1.54, 1.807) is 6.08 Å². The number of fused-ring (bicyclic) bond motifs is 1. The third-order valence-corrected chi connectivity index (χ3v) is 4.90. The Morgan fingerprint density at radius 3 is 2.84 bits per heavy atom. The van der Waals surface area contributed by atoms with Crippen LogP contribution in [0.4, 0.5) is 8.78 Å². The molecule has 0 fully saturated rings. The summed E-state index contributed by atoms with van der Waals surface area (Å²) in [4.78, 5) is 16.6. The lowest BCUT2D eigenvalue weighted by Crippen LogP contribution is -2.34. The molecule has 1 amide bonds. The van der Waals surface area contributed by atoms with Gasteiger partial charge in [0.2, 0.25) is 11.8 Å². The molecule has 0 radical (unpaired) electrons. The van der Waals surface area contributed by atoms with Crippen LogP contribution in [0.3, 0.4) is 0 Å². The van der Waals surface area contributed by atoms with Crippen molar-refractivity contribution in [2.24, 2.45) is 0 Å².